The third-order valence-electron chi connectivity index (χ3n) is 4.77. The summed E-state index contributed by atoms with van der Waals surface area (Å²) in [6.07, 6.45) is 5.19. The van der Waals surface area contributed by atoms with Crippen LogP contribution in [0, 0.1) is 20.8 Å². The van der Waals surface area contributed by atoms with Gasteiger partial charge in [-0.05, 0) is 46.1 Å². The molecular formula is C17H23N7. The molecule has 1 aliphatic rings. The molecule has 0 spiro atoms. The summed E-state index contributed by atoms with van der Waals surface area (Å²) in [6.45, 7) is 8.12. The van der Waals surface area contributed by atoms with Gasteiger partial charge in [0, 0.05) is 24.0 Å². The van der Waals surface area contributed by atoms with E-state index >= 15 is 0 Å². The van der Waals surface area contributed by atoms with E-state index in [1.54, 1.807) is 6.33 Å². The van der Waals surface area contributed by atoms with E-state index in [2.05, 4.69) is 48.8 Å². The fraction of sp³-hybridized carbons (Fsp3) is 0.529. The number of hydrogen-bond acceptors (Lipinski definition) is 5. The second-order valence-corrected chi connectivity index (χ2v) is 6.68. The van der Waals surface area contributed by atoms with Gasteiger partial charge in [0.1, 0.15) is 12.1 Å². The van der Waals surface area contributed by atoms with Crippen molar-refractivity contribution in [1.29, 1.82) is 0 Å². The molecule has 0 bridgehead atoms. The Hall–Kier alpha value is -2.44. The maximum absolute atomic E-state index is 4.65. The zero-order valence-corrected chi connectivity index (χ0v) is 14.5. The normalized spacial score (nSPS) is 18.5. The summed E-state index contributed by atoms with van der Waals surface area (Å²) in [5.41, 5.74) is 3.27. The summed E-state index contributed by atoms with van der Waals surface area (Å²) >= 11 is 0. The lowest BCUT2D eigenvalue weighted by Crippen LogP contribution is -2.43. The Morgan fingerprint density at radius 3 is 2.79 bits per heavy atom. The zero-order valence-electron chi connectivity index (χ0n) is 14.5. The second kappa shape index (κ2) is 5.89. The molecule has 0 N–H and O–H groups in total. The molecule has 1 saturated heterocycles. The van der Waals surface area contributed by atoms with Crippen LogP contribution in [0.15, 0.2) is 18.5 Å². The van der Waals surface area contributed by atoms with Gasteiger partial charge in [-0.15, -0.1) is 0 Å². The van der Waals surface area contributed by atoms with Crippen molar-refractivity contribution in [1.82, 2.24) is 29.4 Å². The highest BCUT2D eigenvalue weighted by molar-refractivity contribution is 5.48. The predicted octanol–water partition coefficient (Wildman–Crippen LogP) is 2.31. The van der Waals surface area contributed by atoms with E-state index < -0.39 is 0 Å². The maximum atomic E-state index is 4.65. The Morgan fingerprint density at radius 2 is 2.00 bits per heavy atom. The third kappa shape index (κ3) is 2.64. The van der Waals surface area contributed by atoms with Gasteiger partial charge in [-0.25, -0.2) is 4.98 Å². The molecule has 4 heterocycles. The first-order chi connectivity index (χ1) is 11.6. The molecule has 1 fully saturated rings. The van der Waals surface area contributed by atoms with Gasteiger partial charge < -0.3 is 4.90 Å². The summed E-state index contributed by atoms with van der Waals surface area (Å²) in [4.78, 5) is 11.2. The molecule has 126 valence electrons. The monoisotopic (exact) mass is 325 g/mol. The number of piperidine rings is 1. The number of nitrogens with zero attached hydrogens (tertiary/aromatic N) is 7. The number of aromatic nitrogens is 6. The first kappa shape index (κ1) is 15.1. The molecule has 4 rings (SSSR count). The highest BCUT2D eigenvalue weighted by Crippen LogP contribution is 2.26. The average molecular weight is 325 g/mol. The lowest BCUT2D eigenvalue weighted by Gasteiger charge is -2.37. The van der Waals surface area contributed by atoms with Crippen LogP contribution >= 0.6 is 0 Å². The SMILES string of the molecule is Cc1cc(N2CCCC[C@H]2Cn2nc(C)cc2C)n2ncnc2n1. The van der Waals surface area contributed by atoms with Gasteiger partial charge in [-0.2, -0.15) is 19.7 Å². The highest BCUT2D eigenvalue weighted by Gasteiger charge is 2.26. The van der Waals surface area contributed by atoms with E-state index in [-0.39, 0.29) is 0 Å². The minimum absolute atomic E-state index is 0.408. The van der Waals surface area contributed by atoms with Gasteiger partial charge in [-0.3, -0.25) is 4.68 Å². The number of fused-ring (bicyclic) bond motifs is 1. The smallest absolute Gasteiger partial charge is 0.254 e. The Bertz CT molecular complexity index is 863. The van der Waals surface area contributed by atoms with Crippen molar-refractivity contribution in [2.45, 2.75) is 52.6 Å². The summed E-state index contributed by atoms with van der Waals surface area (Å²) in [6, 6.07) is 4.66. The van der Waals surface area contributed by atoms with Crippen molar-refractivity contribution in [3.05, 3.63) is 35.5 Å². The number of hydrogen-bond donors (Lipinski definition) is 0. The summed E-state index contributed by atoms with van der Waals surface area (Å²) in [5, 5.41) is 9.02. The van der Waals surface area contributed by atoms with Gasteiger partial charge in [0.2, 0.25) is 0 Å². The minimum Gasteiger partial charge on any atom is -0.352 e. The predicted molar refractivity (Wildman–Crippen MR) is 92.2 cm³/mol. The van der Waals surface area contributed by atoms with E-state index in [1.165, 1.54) is 18.5 Å². The molecule has 7 nitrogen and oxygen atoms in total. The quantitative estimate of drug-likeness (QED) is 0.739. The van der Waals surface area contributed by atoms with Gasteiger partial charge in [0.15, 0.2) is 0 Å². The molecule has 24 heavy (non-hydrogen) atoms. The van der Waals surface area contributed by atoms with Gasteiger partial charge >= 0.3 is 0 Å². The van der Waals surface area contributed by atoms with Crippen molar-refractivity contribution in [2.24, 2.45) is 0 Å². The van der Waals surface area contributed by atoms with Crippen molar-refractivity contribution in [3.8, 4) is 0 Å². The highest BCUT2D eigenvalue weighted by atomic mass is 15.4. The molecule has 0 radical (unpaired) electrons. The molecule has 3 aromatic rings. The van der Waals surface area contributed by atoms with Crippen LogP contribution in [0.5, 0.6) is 0 Å². The molecule has 0 aliphatic carbocycles. The topological polar surface area (TPSA) is 64.1 Å². The Morgan fingerprint density at radius 1 is 1.12 bits per heavy atom. The Balaban J connectivity index is 1.71. The van der Waals surface area contributed by atoms with Crippen LogP contribution in [0.25, 0.3) is 5.78 Å². The van der Waals surface area contributed by atoms with E-state index in [4.69, 9.17) is 0 Å². The van der Waals surface area contributed by atoms with Crippen LogP contribution in [-0.2, 0) is 6.54 Å². The molecule has 7 heteroatoms. The van der Waals surface area contributed by atoms with Crippen LogP contribution in [0.3, 0.4) is 0 Å². The minimum atomic E-state index is 0.408. The van der Waals surface area contributed by atoms with Crippen LogP contribution in [0.4, 0.5) is 5.82 Å². The zero-order chi connectivity index (χ0) is 16.7. The maximum Gasteiger partial charge on any atom is 0.254 e. The van der Waals surface area contributed by atoms with Crippen LogP contribution in [0.2, 0.25) is 0 Å². The summed E-state index contributed by atoms with van der Waals surface area (Å²) < 4.78 is 3.98. The average Bonchev–Trinajstić information content (AvgIpc) is 3.13. The number of aryl methyl sites for hydroxylation is 3. The molecule has 1 aliphatic heterocycles. The van der Waals surface area contributed by atoms with Crippen molar-refractivity contribution >= 4 is 11.6 Å². The van der Waals surface area contributed by atoms with Crippen LogP contribution < -0.4 is 4.90 Å². The number of rotatable bonds is 3. The molecule has 0 aromatic carbocycles. The van der Waals surface area contributed by atoms with Crippen LogP contribution in [0.1, 0.15) is 36.3 Å². The Kier molecular flexibility index (Phi) is 3.70. The van der Waals surface area contributed by atoms with E-state index in [9.17, 15) is 0 Å². The summed E-state index contributed by atoms with van der Waals surface area (Å²) in [7, 11) is 0. The molecule has 1 atom stereocenters. The molecule has 0 unspecified atom stereocenters. The summed E-state index contributed by atoms with van der Waals surface area (Å²) in [5.74, 6) is 1.75. The second-order valence-electron chi connectivity index (χ2n) is 6.68. The first-order valence-electron chi connectivity index (χ1n) is 8.57. The van der Waals surface area contributed by atoms with Crippen molar-refractivity contribution in [2.75, 3.05) is 11.4 Å². The van der Waals surface area contributed by atoms with Gasteiger partial charge in [-0.1, -0.05) is 0 Å². The molecular weight excluding hydrogens is 302 g/mol. The first-order valence-corrected chi connectivity index (χ1v) is 8.57. The fourth-order valence-electron chi connectivity index (χ4n) is 3.67. The van der Waals surface area contributed by atoms with Gasteiger partial charge in [0.05, 0.1) is 18.3 Å². The standard InChI is InChI=1S/C17H23N7/c1-12-9-16(24-17(20-12)18-11-19-24)22-7-5-4-6-15(22)10-23-14(3)8-13(2)21-23/h8-9,11,15H,4-7,10H2,1-3H3/t15-/m0/s1. The third-order valence-corrected chi connectivity index (χ3v) is 4.77. The Labute approximate surface area is 141 Å². The molecule has 3 aromatic heterocycles. The largest absolute Gasteiger partial charge is 0.352 e. The number of anilines is 1. The lowest BCUT2D eigenvalue weighted by molar-refractivity contribution is 0.390. The van der Waals surface area contributed by atoms with E-state index in [0.29, 0.717) is 11.8 Å². The lowest BCUT2D eigenvalue weighted by atomic mass is 10.0. The molecule has 0 amide bonds. The fourth-order valence-corrected chi connectivity index (χ4v) is 3.67. The van der Waals surface area contributed by atoms with E-state index in [0.717, 1.165) is 36.7 Å². The van der Waals surface area contributed by atoms with Crippen LogP contribution in [-0.4, -0.2) is 41.9 Å². The van der Waals surface area contributed by atoms with Crippen molar-refractivity contribution < 1.29 is 0 Å². The van der Waals surface area contributed by atoms with Crippen molar-refractivity contribution in [3.63, 3.8) is 0 Å². The molecule has 0 saturated carbocycles. The van der Waals surface area contributed by atoms with E-state index in [1.807, 2.05) is 18.4 Å². The van der Waals surface area contributed by atoms with Gasteiger partial charge in [0.25, 0.3) is 5.78 Å².